The number of hydrogen-bond acceptors (Lipinski definition) is 3. The Morgan fingerprint density at radius 3 is 2.77 bits per heavy atom. The average molecular weight is 337 g/mol. The van der Waals surface area contributed by atoms with E-state index in [-0.39, 0.29) is 6.04 Å². The Bertz CT molecular complexity index is 646. The molecule has 1 aromatic heterocycles. The molecule has 118 valence electrons. The Kier molecular flexibility index (Phi) is 5.80. The number of aryl methyl sites for hydroxylation is 2. The number of benzene rings is 1. The van der Waals surface area contributed by atoms with Gasteiger partial charge >= 0.3 is 0 Å². The quantitative estimate of drug-likeness (QED) is 0.658. The summed E-state index contributed by atoms with van der Waals surface area (Å²) < 4.78 is 0. The second-order valence-corrected chi connectivity index (χ2v) is 6.82. The lowest BCUT2D eigenvalue weighted by Crippen LogP contribution is -2.38. The van der Waals surface area contributed by atoms with Gasteiger partial charge in [0.1, 0.15) is 5.01 Å². The fourth-order valence-electron chi connectivity index (χ4n) is 2.03. The van der Waals surface area contributed by atoms with E-state index in [2.05, 4.69) is 34.5 Å². The molecular weight excluding hydrogens is 316 g/mol. The summed E-state index contributed by atoms with van der Waals surface area (Å²) in [6.45, 7) is 6.87. The van der Waals surface area contributed by atoms with Crippen molar-refractivity contribution in [1.82, 2.24) is 15.6 Å². The second-order valence-electron chi connectivity index (χ2n) is 5.10. The van der Waals surface area contributed by atoms with Crippen LogP contribution >= 0.6 is 22.9 Å². The van der Waals surface area contributed by atoms with Crippen molar-refractivity contribution in [2.45, 2.75) is 33.4 Å². The van der Waals surface area contributed by atoms with E-state index in [0.717, 1.165) is 27.2 Å². The van der Waals surface area contributed by atoms with Crippen LogP contribution in [0.3, 0.4) is 0 Å². The molecule has 0 saturated heterocycles. The van der Waals surface area contributed by atoms with Crippen LogP contribution in [0.25, 0.3) is 0 Å². The van der Waals surface area contributed by atoms with E-state index in [0.29, 0.717) is 6.54 Å². The molecule has 2 N–H and O–H groups in total. The molecule has 1 heterocycles. The molecule has 0 amide bonds. The van der Waals surface area contributed by atoms with Crippen molar-refractivity contribution in [2.24, 2.45) is 4.99 Å². The molecule has 2 rings (SSSR count). The average Bonchev–Trinajstić information content (AvgIpc) is 2.82. The Labute approximate surface area is 140 Å². The fraction of sp³-hybridized carbons (Fsp3) is 0.375. The van der Waals surface area contributed by atoms with Gasteiger partial charge in [-0.3, -0.25) is 4.99 Å². The highest BCUT2D eigenvalue weighted by molar-refractivity contribution is 7.11. The van der Waals surface area contributed by atoms with E-state index >= 15 is 0 Å². The van der Waals surface area contributed by atoms with Crippen LogP contribution in [0, 0.1) is 13.8 Å². The number of aliphatic imine (C=N–C) groups is 1. The Hall–Kier alpha value is -1.59. The highest BCUT2D eigenvalue weighted by Gasteiger charge is 2.09. The van der Waals surface area contributed by atoms with Crippen LogP contribution in [0.15, 0.2) is 29.3 Å². The summed E-state index contributed by atoms with van der Waals surface area (Å²) in [5, 5.41) is 8.46. The third-order valence-electron chi connectivity index (χ3n) is 3.41. The van der Waals surface area contributed by atoms with Gasteiger partial charge in [0.2, 0.25) is 0 Å². The van der Waals surface area contributed by atoms with Crippen molar-refractivity contribution >= 4 is 28.9 Å². The van der Waals surface area contributed by atoms with Gasteiger partial charge in [-0.15, -0.1) is 11.3 Å². The SMILES string of the molecule is CN=C(NCc1nc(C)c(C)s1)NC(C)c1cccc(Cl)c1. The van der Waals surface area contributed by atoms with Crippen molar-refractivity contribution in [3.05, 3.63) is 50.4 Å². The molecule has 6 heteroatoms. The Morgan fingerprint density at radius 2 is 2.18 bits per heavy atom. The van der Waals surface area contributed by atoms with Crippen LogP contribution in [0.5, 0.6) is 0 Å². The zero-order chi connectivity index (χ0) is 16.1. The third-order valence-corrected chi connectivity index (χ3v) is 4.71. The van der Waals surface area contributed by atoms with Crippen LogP contribution < -0.4 is 10.6 Å². The van der Waals surface area contributed by atoms with Gasteiger partial charge in [-0.1, -0.05) is 23.7 Å². The van der Waals surface area contributed by atoms with E-state index < -0.39 is 0 Å². The molecule has 0 saturated carbocycles. The predicted octanol–water partition coefficient (Wildman–Crippen LogP) is 3.84. The van der Waals surface area contributed by atoms with E-state index in [4.69, 9.17) is 11.6 Å². The van der Waals surface area contributed by atoms with Gasteiger partial charge < -0.3 is 10.6 Å². The lowest BCUT2D eigenvalue weighted by atomic mass is 10.1. The first-order valence-corrected chi connectivity index (χ1v) is 8.34. The largest absolute Gasteiger partial charge is 0.350 e. The highest BCUT2D eigenvalue weighted by Crippen LogP contribution is 2.18. The number of hydrogen-bond donors (Lipinski definition) is 2. The number of aromatic nitrogens is 1. The van der Waals surface area contributed by atoms with Crippen LogP contribution in [-0.2, 0) is 6.54 Å². The molecule has 2 aromatic rings. The number of nitrogens with one attached hydrogen (secondary N) is 2. The van der Waals surface area contributed by atoms with Crippen LogP contribution in [0.4, 0.5) is 0 Å². The maximum atomic E-state index is 6.04. The zero-order valence-corrected chi connectivity index (χ0v) is 14.8. The monoisotopic (exact) mass is 336 g/mol. The van der Waals surface area contributed by atoms with Crippen LogP contribution in [0.1, 0.15) is 34.1 Å². The van der Waals surface area contributed by atoms with Gasteiger partial charge in [0.15, 0.2) is 5.96 Å². The summed E-state index contributed by atoms with van der Waals surface area (Å²) >= 11 is 7.75. The van der Waals surface area contributed by atoms with E-state index in [1.54, 1.807) is 18.4 Å². The van der Waals surface area contributed by atoms with Crippen molar-refractivity contribution in [1.29, 1.82) is 0 Å². The normalized spacial score (nSPS) is 13.0. The summed E-state index contributed by atoms with van der Waals surface area (Å²) in [7, 11) is 1.76. The van der Waals surface area contributed by atoms with Gasteiger partial charge in [0.05, 0.1) is 18.3 Å². The molecule has 0 fully saturated rings. The zero-order valence-electron chi connectivity index (χ0n) is 13.3. The van der Waals surface area contributed by atoms with Crippen molar-refractivity contribution < 1.29 is 0 Å². The van der Waals surface area contributed by atoms with Gasteiger partial charge in [-0.25, -0.2) is 4.98 Å². The molecule has 0 bridgehead atoms. The maximum absolute atomic E-state index is 6.04. The molecule has 0 radical (unpaired) electrons. The van der Waals surface area contributed by atoms with E-state index in [9.17, 15) is 0 Å². The van der Waals surface area contributed by atoms with Crippen molar-refractivity contribution in [2.75, 3.05) is 7.05 Å². The lowest BCUT2D eigenvalue weighted by Gasteiger charge is -2.18. The summed E-state index contributed by atoms with van der Waals surface area (Å²) in [4.78, 5) is 10.0. The summed E-state index contributed by atoms with van der Waals surface area (Å²) in [5.74, 6) is 0.748. The molecule has 0 aliphatic heterocycles. The fourth-order valence-corrected chi connectivity index (χ4v) is 3.11. The molecule has 1 atom stereocenters. The number of guanidine groups is 1. The minimum absolute atomic E-state index is 0.115. The third kappa shape index (κ3) is 4.45. The standard InChI is InChI=1S/C16H21ClN4S/c1-10-12(3)22-15(20-10)9-19-16(18-4)21-11(2)13-6-5-7-14(17)8-13/h5-8,11H,9H2,1-4H3,(H2,18,19,21). The minimum atomic E-state index is 0.115. The number of nitrogens with zero attached hydrogens (tertiary/aromatic N) is 2. The first-order chi connectivity index (χ1) is 10.5. The molecule has 1 unspecified atom stereocenters. The smallest absolute Gasteiger partial charge is 0.191 e. The minimum Gasteiger partial charge on any atom is -0.350 e. The van der Waals surface area contributed by atoms with Gasteiger partial charge in [0.25, 0.3) is 0 Å². The van der Waals surface area contributed by atoms with Crippen LogP contribution in [0.2, 0.25) is 5.02 Å². The summed E-state index contributed by atoms with van der Waals surface area (Å²) in [6, 6.07) is 7.94. The first kappa shape index (κ1) is 16.8. The van der Waals surface area contributed by atoms with Gasteiger partial charge in [-0.05, 0) is 38.5 Å². The lowest BCUT2D eigenvalue weighted by molar-refractivity contribution is 0.684. The van der Waals surface area contributed by atoms with E-state index in [1.165, 1.54) is 4.88 Å². The summed E-state index contributed by atoms with van der Waals surface area (Å²) in [6.07, 6.45) is 0. The molecule has 0 aliphatic rings. The van der Waals surface area contributed by atoms with Gasteiger partial charge in [-0.2, -0.15) is 0 Å². The Morgan fingerprint density at radius 1 is 1.41 bits per heavy atom. The highest BCUT2D eigenvalue weighted by atomic mass is 35.5. The van der Waals surface area contributed by atoms with E-state index in [1.807, 2.05) is 31.2 Å². The Balaban J connectivity index is 1.94. The number of halogens is 1. The van der Waals surface area contributed by atoms with Crippen LogP contribution in [-0.4, -0.2) is 18.0 Å². The summed E-state index contributed by atoms with van der Waals surface area (Å²) in [5.41, 5.74) is 2.22. The molecule has 22 heavy (non-hydrogen) atoms. The maximum Gasteiger partial charge on any atom is 0.191 e. The molecule has 1 aromatic carbocycles. The van der Waals surface area contributed by atoms with Gasteiger partial charge in [0, 0.05) is 16.9 Å². The molecule has 4 nitrogen and oxygen atoms in total. The number of thiazole rings is 1. The number of rotatable bonds is 4. The van der Waals surface area contributed by atoms with Crippen molar-refractivity contribution in [3.63, 3.8) is 0 Å². The molecular formula is C16H21ClN4S. The van der Waals surface area contributed by atoms with Crippen molar-refractivity contribution in [3.8, 4) is 0 Å². The predicted molar refractivity (Wildman–Crippen MR) is 94.8 cm³/mol. The molecule has 0 spiro atoms. The topological polar surface area (TPSA) is 49.3 Å². The first-order valence-electron chi connectivity index (χ1n) is 7.15. The molecule has 0 aliphatic carbocycles. The second kappa shape index (κ2) is 7.61.